The molecule has 0 spiro atoms. The highest BCUT2D eigenvalue weighted by atomic mass is 16.5. The standard InChI is InChI=1S/C17H19NO5/c1-11(19)6-4-3-5-9-18-15(20)13-8-7-12(17(22)23-2)10-14(13)16(18)21/h7-8,10H,3-6,9H2,1-2H3. The Morgan fingerprint density at radius 3 is 2.39 bits per heavy atom. The van der Waals surface area contributed by atoms with Gasteiger partial charge >= 0.3 is 5.97 Å². The van der Waals surface area contributed by atoms with E-state index in [2.05, 4.69) is 4.74 Å². The molecule has 0 unspecified atom stereocenters. The first-order valence-corrected chi connectivity index (χ1v) is 7.53. The first-order valence-electron chi connectivity index (χ1n) is 7.53. The topological polar surface area (TPSA) is 80.8 Å². The summed E-state index contributed by atoms with van der Waals surface area (Å²) in [5.74, 6) is -1.13. The number of fused-ring (bicyclic) bond motifs is 1. The number of carbonyl (C=O) groups excluding carboxylic acids is 4. The summed E-state index contributed by atoms with van der Waals surface area (Å²) in [5.41, 5.74) is 0.795. The van der Waals surface area contributed by atoms with E-state index in [9.17, 15) is 19.2 Å². The fourth-order valence-electron chi connectivity index (χ4n) is 2.56. The maximum atomic E-state index is 12.3. The number of rotatable bonds is 7. The Morgan fingerprint density at radius 1 is 1.04 bits per heavy atom. The zero-order chi connectivity index (χ0) is 17.0. The van der Waals surface area contributed by atoms with E-state index in [0.29, 0.717) is 24.9 Å². The van der Waals surface area contributed by atoms with Crippen molar-refractivity contribution in [3.05, 3.63) is 34.9 Å². The Hall–Kier alpha value is -2.50. The number of carbonyl (C=O) groups is 4. The summed E-state index contributed by atoms with van der Waals surface area (Å²) in [6, 6.07) is 4.36. The highest BCUT2D eigenvalue weighted by Gasteiger charge is 2.35. The van der Waals surface area contributed by atoms with Gasteiger partial charge in [-0.2, -0.15) is 0 Å². The fourth-order valence-corrected chi connectivity index (χ4v) is 2.56. The summed E-state index contributed by atoms with van der Waals surface area (Å²) in [4.78, 5) is 48.2. The molecule has 23 heavy (non-hydrogen) atoms. The van der Waals surface area contributed by atoms with Crippen molar-refractivity contribution in [2.45, 2.75) is 32.6 Å². The smallest absolute Gasteiger partial charge is 0.337 e. The quantitative estimate of drug-likeness (QED) is 0.437. The van der Waals surface area contributed by atoms with Crippen LogP contribution in [0.4, 0.5) is 0 Å². The molecule has 2 amide bonds. The summed E-state index contributed by atoms with van der Waals surface area (Å²) in [7, 11) is 1.26. The SMILES string of the molecule is COC(=O)c1ccc2c(c1)C(=O)N(CCCCCC(C)=O)C2=O. The van der Waals surface area contributed by atoms with E-state index in [0.717, 1.165) is 12.8 Å². The highest BCUT2D eigenvalue weighted by molar-refractivity contribution is 6.21. The van der Waals surface area contributed by atoms with Gasteiger partial charge in [0.25, 0.3) is 11.8 Å². The first-order chi connectivity index (χ1) is 11.0. The van der Waals surface area contributed by atoms with Gasteiger partial charge in [0.2, 0.25) is 0 Å². The number of amides is 2. The van der Waals surface area contributed by atoms with Gasteiger partial charge in [0.05, 0.1) is 23.8 Å². The number of nitrogens with zero attached hydrogens (tertiary/aromatic N) is 1. The number of hydrogen-bond donors (Lipinski definition) is 0. The van der Waals surface area contributed by atoms with Gasteiger partial charge < -0.3 is 9.53 Å². The minimum atomic E-state index is -0.546. The van der Waals surface area contributed by atoms with Gasteiger partial charge in [-0.05, 0) is 38.0 Å². The summed E-state index contributed by atoms with van der Waals surface area (Å²) in [5, 5.41) is 0. The van der Waals surface area contributed by atoms with Crippen molar-refractivity contribution < 1.29 is 23.9 Å². The third-order valence-electron chi connectivity index (χ3n) is 3.80. The number of hydrogen-bond acceptors (Lipinski definition) is 5. The molecule has 6 nitrogen and oxygen atoms in total. The largest absolute Gasteiger partial charge is 0.465 e. The summed E-state index contributed by atoms with van der Waals surface area (Å²) in [6.07, 6.45) is 2.71. The molecular formula is C17H19NO5. The van der Waals surface area contributed by atoms with Gasteiger partial charge in [-0.3, -0.25) is 14.5 Å². The predicted molar refractivity (Wildman–Crippen MR) is 82.3 cm³/mol. The van der Waals surface area contributed by atoms with Crippen molar-refractivity contribution in [3.8, 4) is 0 Å². The molecule has 0 N–H and O–H groups in total. The Balaban J connectivity index is 2.02. The third kappa shape index (κ3) is 3.64. The zero-order valence-electron chi connectivity index (χ0n) is 13.3. The van der Waals surface area contributed by atoms with Gasteiger partial charge in [0, 0.05) is 13.0 Å². The van der Waals surface area contributed by atoms with E-state index >= 15 is 0 Å². The van der Waals surface area contributed by atoms with Gasteiger partial charge in [-0.15, -0.1) is 0 Å². The highest BCUT2D eigenvalue weighted by Crippen LogP contribution is 2.24. The second-order valence-electron chi connectivity index (χ2n) is 5.53. The van der Waals surface area contributed by atoms with E-state index in [1.54, 1.807) is 6.92 Å². The Kier molecular flexibility index (Phi) is 5.26. The molecule has 1 aromatic carbocycles. The van der Waals surface area contributed by atoms with Crippen LogP contribution in [0.1, 0.15) is 63.7 Å². The maximum absolute atomic E-state index is 12.3. The number of ketones is 1. The molecule has 1 aliphatic rings. The van der Waals surface area contributed by atoms with Crippen LogP contribution in [0.5, 0.6) is 0 Å². The Bertz CT molecular complexity index is 665. The van der Waals surface area contributed by atoms with Crippen molar-refractivity contribution in [2.24, 2.45) is 0 Å². The molecule has 0 aliphatic carbocycles. The molecule has 0 aromatic heterocycles. The first kappa shape index (κ1) is 16.9. The van der Waals surface area contributed by atoms with Gasteiger partial charge in [0.1, 0.15) is 5.78 Å². The molecule has 1 heterocycles. The summed E-state index contributed by atoms with van der Waals surface area (Å²) >= 11 is 0. The van der Waals surface area contributed by atoms with Crippen LogP contribution in [-0.2, 0) is 9.53 Å². The molecule has 0 fully saturated rings. The van der Waals surface area contributed by atoms with Crippen molar-refractivity contribution in [3.63, 3.8) is 0 Å². The Morgan fingerprint density at radius 2 is 1.74 bits per heavy atom. The van der Waals surface area contributed by atoms with Crippen molar-refractivity contribution >= 4 is 23.6 Å². The minimum Gasteiger partial charge on any atom is -0.465 e. The minimum absolute atomic E-state index is 0.140. The van der Waals surface area contributed by atoms with Gasteiger partial charge in [-0.1, -0.05) is 6.42 Å². The molecular weight excluding hydrogens is 298 g/mol. The molecule has 0 atom stereocenters. The third-order valence-corrected chi connectivity index (χ3v) is 3.80. The Labute approximate surface area is 134 Å². The molecule has 2 rings (SSSR count). The number of unbranched alkanes of at least 4 members (excludes halogenated alkanes) is 2. The van der Waals surface area contributed by atoms with Gasteiger partial charge in [0.15, 0.2) is 0 Å². The van der Waals surface area contributed by atoms with Gasteiger partial charge in [-0.25, -0.2) is 4.79 Å². The average molecular weight is 317 g/mol. The van der Waals surface area contributed by atoms with E-state index in [1.165, 1.54) is 30.2 Å². The van der Waals surface area contributed by atoms with Crippen LogP contribution in [0, 0.1) is 0 Å². The van der Waals surface area contributed by atoms with Crippen LogP contribution in [-0.4, -0.2) is 42.1 Å². The fraction of sp³-hybridized carbons (Fsp3) is 0.412. The van der Waals surface area contributed by atoms with E-state index in [-0.39, 0.29) is 28.7 Å². The van der Waals surface area contributed by atoms with E-state index < -0.39 is 5.97 Å². The molecule has 1 aromatic rings. The lowest BCUT2D eigenvalue weighted by atomic mass is 10.1. The van der Waals surface area contributed by atoms with Crippen LogP contribution in [0.15, 0.2) is 18.2 Å². The van der Waals surface area contributed by atoms with Crippen LogP contribution in [0.2, 0.25) is 0 Å². The summed E-state index contributed by atoms with van der Waals surface area (Å²) in [6.45, 7) is 1.86. The zero-order valence-corrected chi connectivity index (χ0v) is 13.3. The van der Waals surface area contributed by atoms with E-state index in [1.807, 2.05) is 0 Å². The lowest BCUT2D eigenvalue weighted by molar-refractivity contribution is -0.117. The monoisotopic (exact) mass is 317 g/mol. The van der Waals surface area contributed by atoms with Crippen molar-refractivity contribution in [2.75, 3.05) is 13.7 Å². The van der Waals surface area contributed by atoms with E-state index in [4.69, 9.17) is 0 Å². The molecule has 0 saturated heterocycles. The lowest BCUT2D eigenvalue weighted by Gasteiger charge is -2.13. The number of esters is 1. The number of benzene rings is 1. The van der Waals surface area contributed by atoms with Crippen LogP contribution < -0.4 is 0 Å². The van der Waals surface area contributed by atoms with Crippen LogP contribution in [0.25, 0.3) is 0 Å². The lowest BCUT2D eigenvalue weighted by Crippen LogP contribution is -2.30. The predicted octanol–water partition coefficient (Wildman–Crippen LogP) is 2.22. The molecule has 0 bridgehead atoms. The second-order valence-corrected chi connectivity index (χ2v) is 5.53. The van der Waals surface area contributed by atoms with Crippen LogP contribution >= 0.6 is 0 Å². The number of ether oxygens (including phenoxy) is 1. The molecule has 0 saturated carbocycles. The second kappa shape index (κ2) is 7.17. The molecule has 6 heteroatoms. The maximum Gasteiger partial charge on any atom is 0.337 e. The molecule has 0 radical (unpaired) electrons. The normalized spacial score (nSPS) is 13.2. The molecule has 122 valence electrons. The summed E-state index contributed by atoms with van der Waals surface area (Å²) < 4.78 is 4.62. The van der Waals surface area contributed by atoms with Crippen LogP contribution in [0.3, 0.4) is 0 Å². The van der Waals surface area contributed by atoms with Crippen molar-refractivity contribution in [1.82, 2.24) is 4.90 Å². The number of imide groups is 1. The molecule has 1 aliphatic heterocycles. The number of methoxy groups -OCH3 is 1. The average Bonchev–Trinajstić information content (AvgIpc) is 2.77. The van der Waals surface area contributed by atoms with Crippen molar-refractivity contribution in [1.29, 1.82) is 0 Å². The number of Topliss-reactive ketones (excluding diaryl/α,β-unsaturated/α-hetero) is 1.